The van der Waals surface area contributed by atoms with Crippen molar-refractivity contribution in [3.8, 4) is 0 Å². The summed E-state index contributed by atoms with van der Waals surface area (Å²) < 4.78 is 44.2. The van der Waals surface area contributed by atoms with E-state index in [2.05, 4.69) is 15.0 Å². The molecule has 34 heavy (non-hydrogen) atoms. The molecule has 1 atom stereocenters. The molecule has 0 aliphatic heterocycles. The monoisotopic (exact) mass is 485 g/mol. The first-order valence-corrected chi connectivity index (χ1v) is 11.8. The number of pyridine rings is 1. The van der Waals surface area contributed by atoms with Crippen molar-refractivity contribution in [3.05, 3.63) is 107 Å². The fourth-order valence-electron chi connectivity index (χ4n) is 3.58. The Morgan fingerprint density at radius 2 is 1.76 bits per heavy atom. The van der Waals surface area contributed by atoms with Gasteiger partial charge in [-0.3, -0.25) is 9.78 Å². The fraction of sp³-hybridized carbons (Fsp3) is 0.120. The van der Waals surface area contributed by atoms with Crippen molar-refractivity contribution >= 4 is 32.5 Å². The van der Waals surface area contributed by atoms with Gasteiger partial charge in [0.2, 0.25) is 0 Å². The smallest absolute Gasteiger partial charge is 0.572 e. The van der Waals surface area contributed by atoms with E-state index in [9.17, 15) is 17.6 Å². The normalized spacial score (nSPS) is 11.9. The molecule has 0 spiro atoms. The van der Waals surface area contributed by atoms with E-state index in [-0.39, 0.29) is 57.3 Å². The molecule has 0 saturated carbocycles. The minimum atomic E-state index is -4.23. The number of amides is 1. The Bertz CT molecular complexity index is 1410. The van der Waals surface area contributed by atoms with Crippen molar-refractivity contribution in [2.45, 2.75) is 24.3 Å². The first-order chi connectivity index (χ1) is 15.9. The van der Waals surface area contributed by atoms with Crippen LogP contribution in [0.25, 0.3) is 15.6 Å². The van der Waals surface area contributed by atoms with E-state index in [1.807, 2.05) is 37.3 Å². The molecule has 0 unspecified atom stereocenters. The molecule has 0 bridgehead atoms. The van der Waals surface area contributed by atoms with E-state index in [1.54, 1.807) is 24.3 Å². The van der Waals surface area contributed by atoms with Gasteiger partial charge in [0.25, 0.3) is 5.91 Å². The summed E-state index contributed by atoms with van der Waals surface area (Å²) in [4.78, 5) is 17.1. The summed E-state index contributed by atoms with van der Waals surface area (Å²) in [7, 11) is -4.23. The Morgan fingerprint density at radius 1 is 1.03 bits per heavy atom. The van der Waals surface area contributed by atoms with Crippen molar-refractivity contribution in [1.29, 1.82) is 0 Å². The van der Waals surface area contributed by atoms with Crippen LogP contribution in [-0.4, -0.2) is 19.3 Å². The standard InChI is InChI=1S/C25H22FN3O3S.Na/c1-2-21(17-8-4-3-5-9-17)28-25(30)20-16-19(26)13-14-22(20)29-33(31,32)23-12-6-10-18-11-7-15-27-24(18)23;/h3-16,21H,2H2,1H3,(H2,28,29,30);/q;+1/p-1/t21-;/m0./s1. The zero-order valence-electron chi connectivity index (χ0n) is 18.8. The number of nitrogens with zero attached hydrogens (tertiary/aromatic N) is 2. The predicted octanol–water partition coefficient (Wildman–Crippen LogP) is 2.65. The van der Waals surface area contributed by atoms with Gasteiger partial charge in [0.05, 0.1) is 16.5 Å². The van der Waals surface area contributed by atoms with E-state index in [1.165, 1.54) is 18.3 Å². The molecule has 0 fully saturated rings. The minimum Gasteiger partial charge on any atom is -0.572 e. The third-order valence-corrected chi connectivity index (χ3v) is 6.53. The number of carbonyl (C=O) groups is 1. The minimum absolute atomic E-state index is 0. The summed E-state index contributed by atoms with van der Waals surface area (Å²) in [5.74, 6) is -1.29. The first kappa shape index (κ1) is 25.8. The molecule has 1 aromatic heterocycles. The summed E-state index contributed by atoms with van der Waals surface area (Å²) in [5, 5.41) is 3.49. The molecule has 4 aromatic rings. The molecule has 1 N–H and O–H groups in total. The van der Waals surface area contributed by atoms with E-state index >= 15 is 0 Å². The van der Waals surface area contributed by atoms with Crippen LogP contribution in [0.2, 0.25) is 0 Å². The largest absolute Gasteiger partial charge is 1.00 e. The van der Waals surface area contributed by atoms with E-state index < -0.39 is 21.7 Å². The van der Waals surface area contributed by atoms with Crippen LogP contribution in [0, 0.1) is 5.82 Å². The molecule has 6 nitrogen and oxygen atoms in total. The number of aromatic nitrogens is 1. The van der Waals surface area contributed by atoms with Crippen molar-refractivity contribution in [1.82, 2.24) is 10.3 Å². The van der Waals surface area contributed by atoms with Gasteiger partial charge in [-0.05, 0) is 36.2 Å². The van der Waals surface area contributed by atoms with Gasteiger partial charge in [-0.2, -0.15) is 0 Å². The van der Waals surface area contributed by atoms with Crippen LogP contribution in [0.5, 0.6) is 0 Å². The predicted molar refractivity (Wildman–Crippen MR) is 125 cm³/mol. The van der Waals surface area contributed by atoms with Crippen LogP contribution in [0.1, 0.15) is 35.3 Å². The van der Waals surface area contributed by atoms with Crippen LogP contribution >= 0.6 is 0 Å². The van der Waals surface area contributed by atoms with Crippen LogP contribution < -0.4 is 34.9 Å². The molecule has 3 aromatic carbocycles. The topological polar surface area (TPSA) is 90.2 Å². The van der Waals surface area contributed by atoms with Crippen LogP contribution in [0.3, 0.4) is 0 Å². The number of nitrogens with one attached hydrogen (secondary N) is 1. The maximum atomic E-state index is 14.0. The van der Waals surface area contributed by atoms with Crippen LogP contribution in [0.4, 0.5) is 10.1 Å². The summed E-state index contributed by atoms with van der Waals surface area (Å²) in [6, 6.07) is 20.4. The first-order valence-electron chi connectivity index (χ1n) is 10.4. The zero-order valence-corrected chi connectivity index (χ0v) is 21.6. The van der Waals surface area contributed by atoms with Gasteiger partial charge in [-0.1, -0.05) is 61.5 Å². The summed E-state index contributed by atoms with van der Waals surface area (Å²) in [6.45, 7) is 1.91. The molecule has 1 heterocycles. The van der Waals surface area contributed by atoms with Gasteiger partial charge >= 0.3 is 29.6 Å². The Morgan fingerprint density at radius 3 is 2.50 bits per heavy atom. The second-order valence-electron chi connectivity index (χ2n) is 7.40. The van der Waals surface area contributed by atoms with Gasteiger partial charge in [0.1, 0.15) is 15.8 Å². The number of fused-ring (bicyclic) bond motifs is 1. The third-order valence-electron chi connectivity index (χ3n) is 5.21. The van der Waals surface area contributed by atoms with Crippen molar-refractivity contribution < 1.29 is 47.2 Å². The molecule has 4 rings (SSSR count). The van der Waals surface area contributed by atoms with Crippen LogP contribution in [0.15, 0.2) is 90.0 Å². The number of halogens is 1. The summed E-state index contributed by atoms with van der Waals surface area (Å²) >= 11 is 0. The molecule has 168 valence electrons. The average Bonchev–Trinajstić information content (AvgIpc) is 2.83. The molecule has 0 aliphatic rings. The Balaban J connectivity index is 0.00000324. The molecule has 0 radical (unpaired) electrons. The van der Waals surface area contributed by atoms with Crippen molar-refractivity contribution in [3.63, 3.8) is 0 Å². The van der Waals surface area contributed by atoms with Crippen LogP contribution in [-0.2, 0) is 10.0 Å². The fourth-order valence-corrected chi connectivity index (χ4v) is 4.76. The summed E-state index contributed by atoms with van der Waals surface area (Å²) in [5.41, 5.74) is 0.843. The number of hydrogen-bond acceptors (Lipinski definition) is 4. The Labute approximate surface area is 220 Å². The molecule has 9 heteroatoms. The number of rotatable bonds is 7. The van der Waals surface area contributed by atoms with Gasteiger partial charge < -0.3 is 10.0 Å². The van der Waals surface area contributed by atoms with Gasteiger partial charge in [0.15, 0.2) is 0 Å². The van der Waals surface area contributed by atoms with Crippen molar-refractivity contribution in [2.24, 2.45) is 0 Å². The quantitative estimate of drug-likeness (QED) is 0.408. The van der Waals surface area contributed by atoms with Gasteiger partial charge in [-0.25, -0.2) is 12.8 Å². The number of carbonyl (C=O) groups excluding carboxylic acids is 1. The average molecular weight is 486 g/mol. The Kier molecular flexibility index (Phi) is 8.43. The van der Waals surface area contributed by atoms with E-state index in [0.29, 0.717) is 11.8 Å². The van der Waals surface area contributed by atoms with Gasteiger partial charge in [-0.15, -0.1) is 5.69 Å². The molecule has 0 saturated heterocycles. The second kappa shape index (κ2) is 11.1. The SMILES string of the molecule is CC[C@H](NC(=O)c1cc(F)ccc1[N-]S(=O)(=O)c1cccc2cccnc12)c1ccccc1.[Na+]. The molecule has 0 aliphatic carbocycles. The maximum absolute atomic E-state index is 14.0. The van der Waals surface area contributed by atoms with E-state index in [4.69, 9.17) is 0 Å². The Hall–Kier alpha value is -2.78. The number of sulfonamides is 1. The number of benzene rings is 3. The second-order valence-corrected chi connectivity index (χ2v) is 8.98. The van der Waals surface area contributed by atoms with E-state index in [0.717, 1.165) is 17.7 Å². The number of para-hydroxylation sites is 1. The van der Waals surface area contributed by atoms with Gasteiger partial charge in [0, 0.05) is 17.1 Å². The third kappa shape index (κ3) is 5.64. The van der Waals surface area contributed by atoms with Crippen molar-refractivity contribution in [2.75, 3.05) is 0 Å². The summed E-state index contributed by atoms with van der Waals surface area (Å²) in [6.07, 6.45) is 2.09. The number of hydrogen-bond donors (Lipinski definition) is 1. The molecule has 1 amide bonds. The maximum Gasteiger partial charge on any atom is 1.00 e. The zero-order chi connectivity index (χ0) is 23.4. The molecular formula is C25H21FN3NaO3S. The molecular weight excluding hydrogens is 464 g/mol.